The van der Waals surface area contributed by atoms with Crippen LogP contribution in [-0.4, -0.2) is 25.2 Å². The number of hydrogen-bond acceptors (Lipinski definition) is 3. The van der Waals surface area contributed by atoms with Crippen LogP contribution in [0.25, 0.3) is 0 Å². The number of carbonyl (C=O) groups is 1. The minimum atomic E-state index is -1.82. The molecular weight excluding hydrogens is 282 g/mol. The van der Waals surface area contributed by atoms with Crippen molar-refractivity contribution in [3.8, 4) is 0 Å². The van der Waals surface area contributed by atoms with E-state index in [1.54, 1.807) is 0 Å². The van der Waals surface area contributed by atoms with Crippen molar-refractivity contribution < 1.29 is 7.81 Å². The molecule has 0 aromatic heterocycles. The Morgan fingerprint density at radius 1 is 1.42 bits per heavy atom. The van der Waals surface area contributed by atoms with Crippen molar-refractivity contribution >= 4 is 34.9 Å². The van der Waals surface area contributed by atoms with Gasteiger partial charge in [-0.2, -0.15) is 0 Å². The summed E-state index contributed by atoms with van der Waals surface area (Å²) in [7, 11) is 4.14. The van der Waals surface area contributed by atoms with Gasteiger partial charge in [-0.1, -0.05) is 0 Å². The third-order valence-electron chi connectivity index (χ3n) is 1.47. The molecule has 0 fully saturated rings. The average molecular weight is 299 g/mol. The minimum absolute atomic E-state index is 0.0494. The Balaban J connectivity index is 3.20. The molecule has 0 rings (SSSR count). The quantitative estimate of drug-likeness (QED) is 0.463. The van der Waals surface area contributed by atoms with Crippen LogP contribution in [0.3, 0.4) is 0 Å². The van der Waals surface area contributed by atoms with Crippen LogP contribution in [0.2, 0.25) is 4.87 Å². The molecule has 0 spiro atoms. The Morgan fingerprint density at radius 2 is 2.08 bits per heavy atom. The van der Waals surface area contributed by atoms with Crippen LogP contribution >= 0.6 is 9.72 Å². The first-order chi connectivity index (χ1) is 5.66. The third kappa shape index (κ3) is 8.73. The molecule has 12 heavy (non-hydrogen) atoms. The molecule has 4 heteroatoms. The van der Waals surface area contributed by atoms with Gasteiger partial charge in [0.1, 0.15) is 0 Å². The van der Waals surface area contributed by atoms with Gasteiger partial charge in [-0.15, -0.1) is 0 Å². The van der Waals surface area contributed by atoms with E-state index in [-0.39, 0.29) is 5.97 Å². The van der Waals surface area contributed by atoms with Crippen molar-refractivity contribution in [1.82, 2.24) is 0 Å². The van der Waals surface area contributed by atoms with Crippen LogP contribution in [0.15, 0.2) is 0 Å². The summed E-state index contributed by atoms with van der Waals surface area (Å²) in [5.41, 5.74) is 0. The fourth-order valence-electron chi connectivity index (χ4n) is 0.889. The van der Waals surface area contributed by atoms with Crippen molar-refractivity contribution in [3.63, 3.8) is 0 Å². The number of hydrogen-bond donors (Lipinski definition) is 1. The van der Waals surface area contributed by atoms with E-state index in [2.05, 4.69) is 16.6 Å². The van der Waals surface area contributed by atoms with Crippen molar-refractivity contribution in [2.75, 3.05) is 0 Å². The van der Waals surface area contributed by atoms with Gasteiger partial charge in [-0.05, 0) is 0 Å². The molecule has 0 atom stereocenters. The topological polar surface area (TPSA) is 26.3 Å². The maximum absolute atomic E-state index is 11.0. The molecule has 0 N–H and O–H groups in total. The van der Waals surface area contributed by atoms with Gasteiger partial charge in [0.25, 0.3) is 0 Å². The zero-order valence-corrected chi connectivity index (χ0v) is 11.2. The van der Waals surface area contributed by atoms with Gasteiger partial charge in [0.05, 0.1) is 0 Å². The van der Waals surface area contributed by atoms with E-state index in [9.17, 15) is 4.79 Å². The molecule has 72 valence electrons. The molecule has 0 radical (unpaired) electrons. The van der Waals surface area contributed by atoms with E-state index >= 15 is 0 Å². The summed E-state index contributed by atoms with van der Waals surface area (Å²) in [6.07, 6.45) is 5.10. The number of unbranched alkanes of at least 4 members (excludes halogenated alkanes) is 3. The second kappa shape index (κ2) is 8.25. The Morgan fingerprint density at radius 3 is 2.58 bits per heavy atom. The van der Waals surface area contributed by atoms with Crippen molar-refractivity contribution in [3.05, 3.63) is 0 Å². The second-order valence-electron chi connectivity index (χ2n) is 2.74. The molecule has 0 bridgehead atoms. The predicted octanol–water partition coefficient (Wildman–Crippen LogP) is 2.55. The van der Waals surface area contributed by atoms with Crippen LogP contribution in [0.1, 0.15) is 39.0 Å². The summed E-state index contributed by atoms with van der Waals surface area (Å²) in [6, 6.07) is 0. The molecule has 0 aliphatic heterocycles. The molecular formula is C8H17O2SSb. The van der Waals surface area contributed by atoms with E-state index in [0.29, 0.717) is 6.42 Å². The average Bonchev–Trinajstić information content (AvgIpc) is 1.97. The summed E-state index contributed by atoms with van der Waals surface area (Å²) in [6.45, 7) is 2.16. The van der Waals surface area contributed by atoms with E-state index in [1.165, 1.54) is 12.8 Å². The van der Waals surface area contributed by atoms with Crippen LogP contribution in [-0.2, 0) is 7.81 Å². The van der Waals surface area contributed by atoms with E-state index in [1.807, 2.05) is 4.87 Å². The van der Waals surface area contributed by atoms with Crippen molar-refractivity contribution in [2.45, 2.75) is 43.9 Å². The van der Waals surface area contributed by atoms with Crippen LogP contribution in [0.4, 0.5) is 0 Å². The molecule has 0 unspecified atom stereocenters. The molecule has 0 aromatic carbocycles. The summed E-state index contributed by atoms with van der Waals surface area (Å²) in [5.74, 6) is -0.0494. The Bertz CT molecular complexity index is 128. The number of rotatable bonds is 6. The first-order valence-corrected chi connectivity index (χ1v) is 11.7. The molecule has 0 aliphatic carbocycles. The monoisotopic (exact) mass is 298 g/mol. The zero-order valence-electron chi connectivity index (χ0n) is 7.75. The van der Waals surface area contributed by atoms with E-state index < -0.39 is 19.2 Å². The summed E-state index contributed by atoms with van der Waals surface area (Å²) in [5, 5.41) is 0. The van der Waals surface area contributed by atoms with Crippen molar-refractivity contribution in [2.24, 2.45) is 0 Å². The van der Waals surface area contributed by atoms with Gasteiger partial charge < -0.3 is 0 Å². The molecule has 0 amide bonds. The van der Waals surface area contributed by atoms with E-state index in [0.717, 1.165) is 12.8 Å². The van der Waals surface area contributed by atoms with Gasteiger partial charge in [-0.3, -0.25) is 0 Å². The molecule has 0 saturated heterocycles. The van der Waals surface area contributed by atoms with Gasteiger partial charge in [-0.25, -0.2) is 0 Å². The summed E-state index contributed by atoms with van der Waals surface area (Å²) in [4.78, 5) is 12.9. The number of carbonyl (C=O) groups excluding carboxylic acids is 1. The Labute approximate surface area is 86.4 Å². The fourth-order valence-corrected chi connectivity index (χ4v) is 2.60. The summed E-state index contributed by atoms with van der Waals surface area (Å²) < 4.78 is 5.04. The normalized spacial score (nSPS) is 10.3. The maximum atomic E-state index is 11.0. The number of thiol groups is 1. The van der Waals surface area contributed by atoms with Gasteiger partial charge in [0, 0.05) is 0 Å². The predicted molar refractivity (Wildman–Crippen MR) is 55.5 cm³/mol. The van der Waals surface area contributed by atoms with Gasteiger partial charge in [0.2, 0.25) is 0 Å². The van der Waals surface area contributed by atoms with Gasteiger partial charge >= 0.3 is 86.6 Å². The summed E-state index contributed by atoms with van der Waals surface area (Å²) >= 11 is -1.82. The Kier molecular flexibility index (Phi) is 8.68. The molecule has 0 heterocycles. The molecule has 2 nitrogen and oxygen atoms in total. The zero-order chi connectivity index (χ0) is 9.40. The molecule has 0 saturated carbocycles. The van der Waals surface area contributed by atoms with Crippen LogP contribution in [0, 0.1) is 0 Å². The Hall–Kier alpha value is 0.638. The standard InChI is InChI=1S/C7H14O2.CH3.H2S.Sb/c1-2-3-4-5-6-7(8)9;;;/h2-6H2,1H3,(H,8,9);1H3;1H2;/q;;;+2/p-2. The van der Waals surface area contributed by atoms with Crippen molar-refractivity contribution in [1.29, 1.82) is 0 Å². The van der Waals surface area contributed by atoms with E-state index in [4.69, 9.17) is 3.02 Å². The molecule has 0 aliphatic rings. The third-order valence-corrected chi connectivity index (χ3v) is 3.35. The first kappa shape index (κ1) is 12.6. The van der Waals surface area contributed by atoms with Gasteiger partial charge in [0.15, 0.2) is 0 Å². The first-order valence-electron chi connectivity index (χ1n) is 4.30. The van der Waals surface area contributed by atoms with Crippen LogP contribution in [0.5, 0.6) is 0 Å². The SMILES string of the molecule is CCCCCCC(=O)[O][Sb]([CH3])[SH]. The van der Waals surface area contributed by atoms with Crippen LogP contribution < -0.4 is 0 Å². The fraction of sp³-hybridized carbons (Fsp3) is 0.875. The second-order valence-corrected chi connectivity index (χ2v) is 9.69. The molecule has 0 aromatic rings.